The van der Waals surface area contributed by atoms with Crippen LogP contribution < -0.4 is 5.32 Å². The molecule has 80 valence electrons. The molecule has 0 spiro atoms. The van der Waals surface area contributed by atoms with Crippen LogP contribution in [0.25, 0.3) is 0 Å². The molecule has 0 aliphatic heterocycles. The highest BCUT2D eigenvalue weighted by Crippen LogP contribution is 2.40. The minimum absolute atomic E-state index is 0.269. The van der Waals surface area contributed by atoms with Crippen molar-refractivity contribution in [2.75, 3.05) is 7.05 Å². The number of thiophene rings is 1. The maximum atomic E-state index is 9.14. The van der Waals surface area contributed by atoms with Crippen LogP contribution in [-0.2, 0) is 0 Å². The Morgan fingerprint density at radius 1 is 1.73 bits per heavy atom. The van der Waals surface area contributed by atoms with E-state index in [0.717, 1.165) is 19.3 Å². The zero-order valence-corrected chi connectivity index (χ0v) is 10.3. The Morgan fingerprint density at radius 3 is 3.13 bits per heavy atom. The minimum atomic E-state index is -0.269. The second-order valence-corrected chi connectivity index (χ2v) is 6.41. The van der Waals surface area contributed by atoms with Crippen LogP contribution in [-0.4, -0.2) is 17.8 Å². The molecule has 2 unspecified atom stereocenters. The van der Waals surface area contributed by atoms with Crippen LogP contribution >= 0.6 is 23.1 Å². The van der Waals surface area contributed by atoms with E-state index in [2.05, 4.69) is 28.9 Å². The van der Waals surface area contributed by atoms with Gasteiger partial charge >= 0.3 is 0 Å². The Bertz CT molecular complexity index is 355. The van der Waals surface area contributed by atoms with Crippen LogP contribution in [0.5, 0.6) is 0 Å². The van der Waals surface area contributed by atoms with Crippen LogP contribution in [0, 0.1) is 11.3 Å². The zero-order valence-electron chi connectivity index (χ0n) is 8.69. The van der Waals surface area contributed by atoms with Crippen LogP contribution in [0.4, 0.5) is 0 Å². The highest BCUT2D eigenvalue weighted by atomic mass is 32.2. The third kappa shape index (κ3) is 2.36. The van der Waals surface area contributed by atoms with E-state index in [1.807, 2.05) is 18.8 Å². The molecule has 4 heteroatoms. The summed E-state index contributed by atoms with van der Waals surface area (Å²) in [5.74, 6) is 0. The molecular weight excluding hydrogens is 224 g/mol. The van der Waals surface area contributed by atoms with Crippen LogP contribution in [0.2, 0.25) is 0 Å². The topological polar surface area (TPSA) is 35.8 Å². The van der Waals surface area contributed by atoms with Gasteiger partial charge in [0.1, 0.15) is 5.54 Å². The van der Waals surface area contributed by atoms with Gasteiger partial charge in [0, 0.05) is 5.25 Å². The van der Waals surface area contributed by atoms with Gasteiger partial charge in [-0.3, -0.25) is 0 Å². The third-order valence-corrected chi connectivity index (χ3v) is 5.28. The molecular formula is C11H14N2S2. The first-order chi connectivity index (χ1) is 7.28. The fourth-order valence-corrected chi connectivity index (χ4v) is 4.31. The second kappa shape index (κ2) is 4.56. The molecule has 1 saturated carbocycles. The van der Waals surface area contributed by atoms with E-state index in [-0.39, 0.29) is 5.54 Å². The molecule has 1 fully saturated rings. The maximum absolute atomic E-state index is 9.14. The van der Waals surface area contributed by atoms with Gasteiger partial charge < -0.3 is 5.32 Å². The number of rotatable bonds is 3. The smallest absolute Gasteiger partial charge is 0.107 e. The molecule has 1 aromatic heterocycles. The zero-order chi connectivity index (χ0) is 10.7. The van der Waals surface area contributed by atoms with Crippen molar-refractivity contribution < 1.29 is 0 Å². The van der Waals surface area contributed by atoms with Gasteiger partial charge in [0.25, 0.3) is 0 Å². The molecule has 0 saturated heterocycles. The lowest BCUT2D eigenvalue weighted by atomic mass is 10.0. The Morgan fingerprint density at radius 2 is 2.60 bits per heavy atom. The van der Waals surface area contributed by atoms with E-state index in [1.165, 1.54) is 4.21 Å². The molecule has 1 heterocycles. The third-order valence-electron chi connectivity index (χ3n) is 2.94. The molecule has 0 bridgehead atoms. The number of nitriles is 1. The van der Waals surface area contributed by atoms with E-state index >= 15 is 0 Å². The summed E-state index contributed by atoms with van der Waals surface area (Å²) in [6.45, 7) is 0. The Kier molecular flexibility index (Phi) is 3.35. The van der Waals surface area contributed by atoms with Crippen molar-refractivity contribution in [3.8, 4) is 6.07 Å². The molecule has 2 nitrogen and oxygen atoms in total. The van der Waals surface area contributed by atoms with Gasteiger partial charge in [-0.1, -0.05) is 6.07 Å². The average Bonchev–Trinajstić information content (AvgIpc) is 2.89. The fraction of sp³-hybridized carbons (Fsp3) is 0.545. The fourth-order valence-electron chi connectivity index (χ4n) is 1.98. The molecule has 1 aliphatic carbocycles. The van der Waals surface area contributed by atoms with Gasteiger partial charge in [-0.05, 0) is 37.8 Å². The van der Waals surface area contributed by atoms with E-state index in [1.54, 1.807) is 11.3 Å². The summed E-state index contributed by atoms with van der Waals surface area (Å²) in [6.07, 6.45) is 3.07. The molecule has 2 rings (SSSR count). The summed E-state index contributed by atoms with van der Waals surface area (Å²) in [4.78, 5) is 0. The molecule has 0 amide bonds. The normalized spacial score (nSPS) is 30.3. The van der Waals surface area contributed by atoms with E-state index in [4.69, 9.17) is 5.26 Å². The maximum Gasteiger partial charge on any atom is 0.107 e. The average molecular weight is 238 g/mol. The number of hydrogen-bond donors (Lipinski definition) is 1. The van der Waals surface area contributed by atoms with Crippen molar-refractivity contribution >= 4 is 23.1 Å². The van der Waals surface area contributed by atoms with Gasteiger partial charge in [-0.15, -0.1) is 23.1 Å². The summed E-state index contributed by atoms with van der Waals surface area (Å²) in [6, 6.07) is 6.65. The summed E-state index contributed by atoms with van der Waals surface area (Å²) in [5.41, 5.74) is -0.269. The van der Waals surface area contributed by atoms with E-state index in [9.17, 15) is 0 Å². The second-order valence-electron chi connectivity index (χ2n) is 3.86. The van der Waals surface area contributed by atoms with E-state index in [0.29, 0.717) is 5.25 Å². The largest absolute Gasteiger partial charge is 0.302 e. The van der Waals surface area contributed by atoms with Crippen molar-refractivity contribution in [3.05, 3.63) is 17.5 Å². The predicted molar refractivity (Wildman–Crippen MR) is 65.2 cm³/mol. The number of nitrogens with zero attached hydrogens (tertiary/aromatic N) is 1. The molecule has 0 aromatic carbocycles. The lowest BCUT2D eigenvalue weighted by Gasteiger charge is -2.19. The molecule has 1 N–H and O–H groups in total. The van der Waals surface area contributed by atoms with Crippen LogP contribution in [0.15, 0.2) is 21.7 Å². The first-order valence-corrected chi connectivity index (χ1v) is 6.84. The van der Waals surface area contributed by atoms with Crippen molar-refractivity contribution in [2.24, 2.45) is 0 Å². The van der Waals surface area contributed by atoms with Gasteiger partial charge in [0.2, 0.25) is 0 Å². The first-order valence-electron chi connectivity index (χ1n) is 5.08. The lowest BCUT2D eigenvalue weighted by Crippen LogP contribution is -2.38. The predicted octanol–water partition coefficient (Wildman–Crippen LogP) is 2.87. The lowest BCUT2D eigenvalue weighted by molar-refractivity contribution is 0.464. The van der Waals surface area contributed by atoms with Crippen LogP contribution in [0.1, 0.15) is 19.3 Å². The summed E-state index contributed by atoms with van der Waals surface area (Å²) in [7, 11) is 1.89. The standard InChI is InChI=1S/C11H14N2S2/c1-13-11(8-12)5-4-9(7-11)15-10-3-2-6-14-10/h2-3,6,9,13H,4-5,7H2,1H3. The van der Waals surface area contributed by atoms with Crippen molar-refractivity contribution in [2.45, 2.75) is 34.3 Å². The molecule has 1 aliphatic rings. The molecule has 2 atom stereocenters. The summed E-state index contributed by atoms with van der Waals surface area (Å²) in [5, 5.41) is 15.0. The van der Waals surface area contributed by atoms with Crippen LogP contribution in [0.3, 0.4) is 0 Å². The van der Waals surface area contributed by atoms with Crippen molar-refractivity contribution in [1.82, 2.24) is 5.32 Å². The number of hydrogen-bond acceptors (Lipinski definition) is 4. The number of nitrogens with one attached hydrogen (secondary N) is 1. The number of thioether (sulfide) groups is 1. The van der Waals surface area contributed by atoms with Gasteiger partial charge in [-0.25, -0.2) is 0 Å². The van der Waals surface area contributed by atoms with Crippen molar-refractivity contribution in [3.63, 3.8) is 0 Å². The monoisotopic (exact) mass is 238 g/mol. The van der Waals surface area contributed by atoms with Gasteiger partial charge in [0.15, 0.2) is 0 Å². The summed E-state index contributed by atoms with van der Waals surface area (Å²) >= 11 is 3.70. The highest BCUT2D eigenvalue weighted by Gasteiger charge is 2.38. The molecule has 0 radical (unpaired) electrons. The minimum Gasteiger partial charge on any atom is -0.302 e. The van der Waals surface area contributed by atoms with Gasteiger partial charge in [-0.2, -0.15) is 5.26 Å². The quantitative estimate of drug-likeness (QED) is 0.879. The first kappa shape index (κ1) is 11.0. The Hall–Kier alpha value is -0.500. The highest BCUT2D eigenvalue weighted by molar-refractivity contribution is 8.01. The SMILES string of the molecule is CNC1(C#N)CCC(Sc2cccs2)C1. The van der Waals surface area contributed by atoms with Gasteiger partial charge in [0.05, 0.1) is 10.3 Å². The summed E-state index contributed by atoms with van der Waals surface area (Å²) < 4.78 is 1.37. The van der Waals surface area contributed by atoms with Crippen molar-refractivity contribution in [1.29, 1.82) is 5.26 Å². The Balaban J connectivity index is 1.96. The Labute approximate surface area is 98.7 Å². The molecule has 15 heavy (non-hydrogen) atoms. The van der Waals surface area contributed by atoms with E-state index < -0.39 is 0 Å². The molecule has 1 aromatic rings.